The normalized spacial score (nSPS) is 11.9. The Labute approximate surface area is 105 Å². The standard InChI is InChI=1S/C5H5.CH3.3BrH.Zr/c1-2-4-5-3-1;;;;;/h1-3H,4H2;1H3;3*1H;. The van der Waals surface area contributed by atoms with Crippen molar-refractivity contribution in [2.45, 2.75) is 11.1 Å². The maximum absolute atomic E-state index is 2.36. The molecule has 0 aliphatic heterocycles. The van der Waals surface area contributed by atoms with Gasteiger partial charge in [-0.15, -0.1) is 50.9 Å². The van der Waals surface area contributed by atoms with Crippen LogP contribution in [-0.2, 0) is 23.2 Å². The van der Waals surface area contributed by atoms with Crippen molar-refractivity contribution in [1.29, 1.82) is 0 Å². The van der Waals surface area contributed by atoms with Crippen molar-refractivity contribution in [1.82, 2.24) is 0 Å². The van der Waals surface area contributed by atoms with E-state index in [1.54, 1.807) is 3.28 Å². The van der Waals surface area contributed by atoms with Gasteiger partial charge in [0.05, 0.1) is 0 Å². The van der Waals surface area contributed by atoms with Crippen molar-refractivity contribution in [3.05, 3.63) is 21.5 Å². The molecule has 0 heterocycles. The number of allylic oxidation sites excluding steroid dienone is 4. The van der Waals surface area contributed by atoms with E-state index in [-0.39, 0.29) is 74.2 Å². The molecule has 0 radical (unpaired) electrons. The van der Waals surface area contributed by atoms with E-state index < -0.39 is 0 Å². The summed E-state index contributed by atoms with van der Waals surface area (Å²) >= 11 is -0.0408. The Morgan fingerprint density at radius 3 is 2.10 bits per heavy atom. The Kier molecular flexibility index (Phi) is 19.2. The third-order valence-electron chi connectivity index (χ3n) is 1.09. The van der Waals surface area contributed by atoms with Gasteiger partial charge >= 0.3 is 55.8 Å². The van der Waals surface area contributed by atoms with Crippen LogP contribution in [0.1, 0.15) is 6.42 Å². The van der Waals surface area contributed by atoms with Gasteiger partial charge in [0.25, 0.3) is 0 Å². The summed E-state index contributed by atoms with van der Waals surface area (Å²) in [4.78, 5) is 0. The van der Waals surface area contributed by atoms with Gasteiger partial charge in [0.1, 0.15) is 0 Å². The molecule has 1 aliphatic carbocycles. The summed E-state index contributed by atoms with van der Waals surface area (Å²) in [6, 6.07) is 0. The van der Waals surface area contributed by atoms with E-state index in [4.69, 9.17) is 0 Å². The summed E-state index contributed by atoms with van der Waals surface area (Å²) in [5.41, 5.74) is 0. The number of hydrogen-bond donors (Lipinski definition) is 0. The summed E-state index contributed by atoms with van der Waals surface area (Å²) in [6.45, 7) is 0. The first kappa shape index (κ1) is 17.8. The molecule has 0 aromatic rings. The van der Waals surface area contributed by atoms with Gasteiger partial charge in [-0.1, -0.05) is 0 Å². The van der Waals surface area contributed by atoms with Gasteiger partial charge in [-0.2, -0.15) is 0 Å². The number of hydrogen-bond acceptors (Lipinski definition) is 0. The van der Waals surface area contributed by atoms with Crippen molar-refractivity contribution in [2.75, 3.05) is 0 Å². The topological polar surface area (TPSA) is 0 Å². The summed E-state index contributed by atoms with van der Waals surface area (Å²) < 4.78 is 4.09. The molecular formula is C6H11Br3Zr. The first-order valence-electron chi connectivity index (χ1n) is 2.47. The van der Waals surface area contributed by atoms with Crippen LogP contribution in [0.4, 0.5) is 0 Å². The molecular weight excluding hydrogens is 403 g/mol. The van der Waals surface area contributed by atoms with Crippen LogP contribution >= 0.6 is 50.9 Å². The first-order chi connectivity index (χ1) is 3.43. The fourth-order valence-corrected chi connectivity index (χ4v) is 2.07. The molecule has 0 fully saturated rings. The Morgan fingerprint density at radius 1 is 1.30 bits per heavy atom. The third-order valence-corrected chi connectivity index (χ3v) is 3.58. The molecule has 0 nitrogen and oxygen atoms in total. The van der Waals surface area contributed by atoms with Crippen LogP contribution in [-0.4, -0.2) is 0 Å². The van der Waals surface area contributed by atoms with Crippen molar-refractivity contribution in [2.24, 2.45) is 0 Å². The van der Waals surface area contributed by atoms with Gasteiger partial charge < -0.3 is 0 Å². The molecule has 0 amide bonds. The maximum atomic E-state index is 2.36. The molecule has 4 heteroatoms. The number of halogens is 3. The fourth-order valence-electron chi connectivity index (χ4n) is 0.633. The molecule has 0 saturated heterocycles. The quantitative estimate of drug-likeness (QED) is 0.614. The summed E-state index contributed by atoms with van der Waals surface area (Å²) in [6.07, 6.45) is 7.94. The molecule has 0 atom stereocenters. The zero-order chi connectivity index (χ0) is 5.11. The van der Waals surface area contributed by atoms with Crippen LogP contribution < -0.4 is 0 Å². The van der Waals surface area contributed by atoms with Crippen molar-refractivity contribution >= 4 is 50.9 Å². The van der Waals surface area contributed by atoms with Crippen LogP contribution in [0.25, 0.3) is 0 Å². The predicted molar refractivity (Wildman–Crippen MR) is 58.7 cm³/mol. The summed E-state index contributed by atoms with van der Waals surface area (Å²) in [7, 11) is 0. The van der Waals surface area contributed by atoms with E-state index in [1.165, 1.54) is 6.42 Å². The monoisotopic (exact) mass is 410 g/mol. The Balaban J connectivity index is -0.000000163. The fraction of sp³-hybridized carbons (Fsp3) is 0.333. The van der Waals surface area contributed by atoms with Gasteiger partial charge in [0, 0.05) is 0 Å². The van der Waals surface area contributed by atoms with Crippen LogP contribution in [0.15, 0.2) is 21.5 Å². The van der Waals surface area contributed by atoms with Gasteiger partial charge in [-0.3, -0.25) is 0 Å². The molecule has 0 aromatic carbocycles. The van der Waals surface area contributed by atoms with Crippen LogP contribution in [0, 0.1) is 0 Å². The first-order valence-corrected chi connectivity index (χ1v) is 6.15. The van der Waals surface area contributed by atoms with Gasteiger partial charge in [-0.25, -0.2) is 0 Å². The van der Waals surface area contributed by atoms with Gasteiger partial charge in [0.15, 0.2) is 0 Å². The van der Waals surface area contributed by atoms with Gasteiger partial charge in [-0.05, 0) is 0 Å². The van der Waals surface area contributed by atoms with Crippen molar-refractivity contribution in [3.8, 4) is 0 Å². The van der Waals surface area contributed by atoms with E-state index in [0.29, 0.717) is 0 Å². The average molecular weight is 414 g/mol. The Morgan fingerprint density at radius 2 is 1.90 bits per heavy atom. The summed E-state index contributed by atoms with van der Waals surface area (Å²) in [5.74, 6) is 0. The van der Waals surface area contributed by atoms with Crippen LogP contribution in [0.5, 0.6) is 0 Å². The van der Waals surface area contributed by atoms with E-state index in [0.717, 1.165) is 0 Å². The molecule has 0 unspecified atom stereocenters. The predicted octanol–water partition coefficient (Wildman–Crippen LogP) is 3.69. The molecule has 0 spiro atoms. The van der Waals surface area contributed by atoms with E-state index in [2.05, 4.69) is 22.9 Å². The molecule has 0 bridgehead atoms. The Bertz CT molecular complexity index is 120. The molecule has 0 aromatic heterocycles. The molecule has 0 N–H and O–H groups in total. The number of rotatable bonds is 1. The van der Waals surface area contributed by atoms with Crippen molar-refractivity contribution < 1.29 is 23.2 Å². The molecule has 1 rings (SSSR count). The average Bonchev–Trinajstić information content (AvgIpc) is 2.14. The Hall–Kier alpha value is 1.80. The van der Waals surface area contributed by atoms with E-state index in [1.807, 2.05) is 0 Å². The third kappa shape index (κ3) is 6.51. The second-order valence-corrected chi connectivity index (χ2v) is 4.38. The molecule has 0 saturated carbocycles. The van der Waals surface area contributed by atoms with Crippen molar-refractivity contribution in [3.63, 3.8) is 0 Å². The second-order valence-electron chi connectivity index (χ2n) is 1.57. The molecule has 60 valence electrons. The van der Waals surface area contributed by atoms with E-state index >= 15 is 0 Å². The SMILES string of the molecule is Br.Br.Br.[CH3][Zr][C]1=CC=CC1. The molecule has 1 aliphatic rings. The van der Waals surface area contributed by atoms with Crippen LogP contribution in [0.3, 0.4) is 0 Å². The minimum absolute atomic E-state index is 0. The summed E-state index contributed by atoms with van der Waals surface area (Å²) in [5, 5.41) is 0. The zero-order valence-electron chi connectivity index (χ0n) is 5.66. The zero-order valence-corrected chi connectivity index (χ0v) is 13.3. The van der Waals surface area contributed by atoms with E-state index in [9.17, 15) is 0 Å². The van der Waals surface area contributed by atoms with Crippen LogP contribution in [0.2, 0.25) is 4.63 Å². The minimum atomic E-state index is -0.0408. The second kappa shape index (κ2) is 10.8. The molecule has 10 heavy (non-hydrogen) atoms. The van der Waals surface area contributed by atoms with Gasteiger partial charge in [0.2, 0.25) is 0 Å².